The lowest BCUT2D eigenvalue weighted by Crippen LogP contribution is -2.24. The molecule has 0 aromatic carbocycles. The van der Waals surface area contributed by atoms with E-state index in [-0.39, 0.29) is 0 Å². The van der Waals surface area contributed by atoms with Crippen molar-refractivity contribution in [3.8, 4) is 0 Å². The van der Waals surface area contributed by atoms with Gasteiger partial charge in [0.05, 0.1) is 5.57 Å². The Labute approximate surface area is 101 Å². The van der Waals surface area contributed by atoms with E-state index in [1.165, 1.54) is 6.08 Å². The highest BCUT2D eigenvalue weighted by atomic mass is 19.4. The summed E-state index contributed by atoms with van der Waals surface area (Å²) >= 11 is 0. The maximum Gasteiger partial charge on any atom is 0.416 e. The summed E-state index contributed by atoms with van der Waals surface area (Å²) in [6.45, 7) is 8.13. The molecule has 0 bridgehead atoms. The van der Waals surface area contributed by atoms with Gasteiger partial charge in [0.2, 0.25) is 0 Å². The summed E-state index contributed by atoms with van der Waals surface area (Å²) in [4.78, 5) is 0. The van der Waals surface area contributed by atoms with Gasteiger partial charge >= 0.3 is 6.18 Å². The normalized spacial score (nSPS) is 15.2. The van der Waals surface area contributed by atoms with Gasteiger partial charge in [0.1, 0.15) is 0 Å². The molecule has 0 fully saturated rings. The lowest BCUT2D eigenvalue weighted by atomic mass is 10.1. The quantitative estimate of drug-likeness (QED) is 0.671. The largest absolute Gasteiger partial charge is 0.416 e. The number of hydrogen-bond acceptors (Lipinski definition) is 1. The topological polar surface area (TPSA) is 12.0 Å². The Bertz CT molecular complexity index is 277. The Balaban J connectivity index is 4.09. The van der Waals surface area contributed by atoms with Gasteiger partial charge in [-0.2, -0.15) is 13.2 Å². The SMILES string of the molecule is C=C/C(=C\C=C/CCC(C)NCC)C(F)(F)F. The average molecular weight is 247 g/mol. The Morgan fingerprint density at radius 1 is 1.41 bits per heavy atom. The minimum Gasteiger partial charge on any atom is -0.315 e. The zero-order valence-electron chi connectivity index (χ0n) is 10.3. The van der Waals surface area contributed by atoms with E-state index in [0.717, 1.165) is 31.5 Å². The van der Waals surface area contributed by atoms with Crippen LogP contribution in [0.4, 0.5) is 13.2 Å². The van der Waals surface area contributed by atoms with Crippen molar-refractivity contribution in [2.45, 2.75) is 38.9 Å². The summed E-state index contributed by atoms with van der Waals surface area (Å²) in [6, 6.07) is 0.384. The highest BCUT2D eigenvalue weighted by Gasteiger charge is 2.30. The van der Waals surface area contributed by atoms with Crippen LogP contribution in [0.15, 0.2) is 36.5 Å². The first-order valence-corrected chi connectivity index (χ1v) is 5.71. The molecule has 0 aliphatic heterocycles. The van der Waals surface area contributed by atoms with Crippen molar-refractivity contribution in [2.75, 3.05) is 6.54 Å². The van der Waals surface area contributed by atoms with Gasteiger partial charge in [-0.05, 0) is 26.3 Å². The summed E-state index contributed by atoms with van der Waals surface area (Å²) in [7, 11) is 0. The van der Waals surface area contributed by atoms with E-state index < -0.39 is 11.7 Å². The summed E-state index contributed by atoms with van der Waals surface area (Å²) < 4.78 is 36.8. The second-order valence-electron chi connectivity index (χ2n) is 3.79. The molecule has 4 heteroatoms. The van der Waals surface area contributed by atoms with Gasteiger partial charge in [0.15, 0.2) is 0 Å². The van der Waals surface area contributed by atoms with Crippen LogP contribution in [0.5, 0.6) is 0 Å². The summed E-state index contributed by atoms with van der Waals surface area (Å²) in [5, 5.41) is 3.24. The van der Waals surface area contributed by atoms with Crippen molar-refractivity contribution < 1.29 is 13.2 Å². The molecule has 0 spiro atoms. The third-order valence-electron chi connectivity index (χ3n) is 2.28. The monoisotopic (exact) mass is 247 g/mol. The van der Waals surface area contributed by atoms with Crippen molar-refractivity contribution in [1.29, 1.82) is 0 Å². The van der Waals surface area contributed by atoms with Gasteiger partial charge in [-0.3, -0.25) is 0 Å². The second-order valence-corrected chi connectivity index (χ2v) is 3.79. The third kappa shape index (κ3) is 7.80. The molecule has 1 nitrogen and oxygen atoms in total. The maximum absolute atomic E-state index is 12.3. The van der Waals surface area contributed by atoms with Crippen molar-refractivity contribution in [1.82, 2.24) is 5.32 Å². The molecule has 1 N–H and O–H groups in total. The predicted molar refractivity (Wildman–Crippen MR) is 65.8 cm³/mol. The number of allylic oxidation sites excluding steroid dienone is 5. The molecular weight excluding hydrogens is 227 g/mol. The van der Waals surface area contributed by atoms with Crippen molar-refractivity contribution in [3.05, 3.63) is 36.5 Å². The number of nitrogens with one attached hydrogen (secondary N) is 1. The highest BCUT2D eigenvalue weighted by Crippen LogP contribution is 2.25. The molecule has 0 radical (unpaired) electrons. The summed E-state index contributed by atoms with van der Waals surface area (Å²) in [6.07, 6.45) is 2.40. The minimum absolute atomic E-state index is 0.384. The van der Waals surface area contributed by atoms with Crippen LogP contribution < -0.4 is 5.32 Å². The van der Waals surface area contributed by atoms with E-state index in [1.54, 1.807) is 6.08 Å². The van der Waals surface area contributed by atoms with Gasteiger partial charge in [0.25, 0.3) is 0 Å². The molecule has 0 aromatic rings. The molecule has 0 saturated carbocycles. The lowest BCUT2D eigenvalue weighted by Gasteiger charge is -2.09. The van der Waals surface area contributed by atoms with Crippen LogP contribution in [0.25, 0.3) is 0 Å². The summed E-state index contributed by atoms with van der Waals surface area (Å²) in [5.41, 5.74) is -0.714. The molecular formula is C13H20F3N. The number of halogens is 3. The van der Waals surface area contributed by atoms with E-state index >= 15 is 0 Å². The van der Waals surface area contributed by atoms with Crippen molar-refractivity contribution in [3.63, 3.8) is 0 Å². The van der Waals surface area contributed by atoms with Gasteiger partial charge in [-0.1, -0.05) is 37.8 Å². The smallest absolute Gasteiger partial charge is 0.315 e. The van der Waals surface area contributed by atoms with E-state index in [4.69, 9.17) is 0 Å². The molecule has 1 atom stereocenters. The molecule has 0 heterocycles. The van der Waals surface area contributed by atoms with Crippen LogP contribution in [-0.4, -0.2) is 18.8 Å². The average Bonchev–Trinajstić information content (AvgIpc) is 2.21. The van der Waals surface area contributed by atoms with Crippen LogP contribution in [-0.2, 0) is 0 Å². The fourth-order valence-corrected chi connectivity index (χ4v) is 1.34. The Morgan fingerprint density at radius 2 is 2.06 bits per heavy atom. The van der Waals surface area contributed by atoms with Crippen molar-refractivity contribution >= 4 is 0 Å². The maximum atomic E-state index is 12.3. The van der Waals surface area contributed by atoms with Crippen molar-refractivity contribution in [2.24, 2.45) is 0 Å². The first-order chi connectivity index (χ1) is 7.91. The molecule has 0 saturated heterocycles. The van der Waals surface area contributed by atoms with Gasteiger partial charge < -0.3 is 5.32 Å². The minimum atomic E-state index is -4.32. The standard InChI is InChI=1S/C13H20F3N/c1-4-12(13(14,15)16)10-8-6-7-9-11(3)17-5-2/h4,6,8,10-11,17H,1,5,7,9H2,2-3H3/b8-6-,12-10+. The molecule has 98 valence electrons. The molecule has 1 unspecified atom stereocenters. The predicted octanol–water partition coefficient (Wildman–Crippen LogP) is 4.00. The molecule has 0 aliphatic carbocycles. The molecule has 0 amide bonds. The van der Waals surface area contributed by atoms with E-state index in [0.29, 0.717) is 6.04 Å². The fourth-order valence-electron chi connectivity index (χ4n) is 1.34. The molecule has 0 aromatic heterocycles. The van der Waals surface area contributed by atoms with Crippen LogP contribution in [0.2, 0.25) is 0 Å². The van der Waals surface area contributed by atoms with Crippen LogP contribution in [0, 0.1) is 0 Å². The van der Waals surface area contributed by atoms with Crippen LogP contribution >= 0.6 is 0 Å². The fraction of sp³-hybridized carbons (Fsp3) is 0.538. The zero-order valence-corrected chi connectivity index (χ0v) is 10.3. The Kier molecular flexibility index (Phi) is 7.63. The molecule has 0 rings (SSSR count). The van der Waals surface area contributed by atoms with E-state index in [9.17, 15) is 13.2 Å². The molecule has 0 aliphatic rings. The first kappa shape index (κ1) is 16.0. The van der Waals surface area contributed by atoms with Gasteiger partial charge in [-0.25, -0.2) is 0 Å². The van der Waals surface area contributed by atoms with Crippen LogP contribution in [0.1, 0.15) is 26.7 Å². The van der Waals surface area contributed by atoms with Crippen LogP contribution in [0.3, 0.4) is 0 Å². The zero-order chi connectivity index (χ0) is 13.3. The lowest BCUT2D eigenvalue weighted by molar-refractivity contribution is -0.0881. The number of rotatable bonds is 7. The van der Waals surface area contributed by atoms with E-state index in [1.807, 2.05) is 6.92 Å². The van der Waals surface area contributed by atoms with Gasteiger partial charge in [0, 0.05) is 6.04 Å². The summed E-state index contributed by atoms with van der Waals surface area (Å²) in [5.74, 6) is 0. The third-order valence-corrected chi connectivity index (χ3v) is 2.28. The van der Waals surface area contributed by atoms with Gasteiger partial charge in [-0.15, -0.1) is 0 Å². The Hall–Kier alpha value is -1.03. The highest BCUT2D eigenvalue weighted by molar-refractivity contribution is 5.26. The second kappa shape index (κ2) is 8.12. The molecule has 17 heavy (non-hydrogen) atoms. The Morgan fingerprint density at radius 3 is 2.53 bits per heavy atom. The van der Waals surface area contributed by atoms with E-state index in [2.05, 4.69) is 18.8 Å². The number of alkyl halides is 3. The first-order valence-electron chi connectivity index (χ1n) is 5.71. The number of hydrogen-bond donors (Lipinski definition) is 1.